The number of esters is 1. The molecule has 2 aromatic carbocycles. The Balaban J connectivity index is 1.59. The number of para-hydroxylation sites is 1. The van der Waals surface area contributed by atoms with Crippen molar-refractivity contribution < 1.29 is 18.7 Å². The summed E-state index contributed by atoms with van der Waals surface area (Å²) >= 11 is 11.7. The molecule has 4 nitrogen and oxygen atoms in total. The van der Waals surface area contributed by atoms with E-state index in [9.17, 15) is 9.59 Å². The van der Waals surface area contributed by atoms with Crippen LogP contribution in [-0.2, 0) is 16.0 Å². The molecule has 3 rings (SSSR count). The summed E-state index contributed by atoms with van der Waals surface area (Å²) in [4.78, 5) is 23.9. The summed E-state index contributed by atoms with van der Waals surface area (Å²) in [7, 11) is 0. The third kappa shape index (κ3) is 3.78. The van der Waals surface area contributed by atoms with E-state index in [1.54, 1.807) is 30.3 Å². The van der Waals surface area contributed by atoms with Crippen molar-refractivity contribution in [2.75, 3.05) is 6.61 Å². The lowest BCUT2D eigenvalue weighted by Gasteiger charge is -2.04. The quantitative estimate of drug-likeness (QED) is 0.487. The molecule has 0 unspecified atom stereocenters. The van der Waals surface area contributed by atoms with Gasteiger partial charge in [0, 0.05) is 5.39 Å². The van der Waals surface area contributed by atoms with Gasteiger partial charge in [-0.05, 0) is 29.8 Å². The summed E-state index contributed by atoms with van der Waals surface area (Å²) in [6.07, 6.45) is 0.00427. The van der Waals surface area contributed by atoms with Crippen LogP contribution in [0.4, 0.5) is 0 Å². The number of carbonyl (C=O) groups is 2. The molecule has 0 bridgehead atoms. The van der Waals surface area contributed by atoms with Gasteiger partial charge in [0.25, 0.3) is 0 Å². The molecule has 0 saturated carbocycles. The summed E-state index contributed by atoms with van der Waals surface area (Å²) in [6, 6.07) is 13.8. The van der Waals surface area contributed by atoms with Gasteiger partial charge in [-0.25, -0.2) is 0 Å². The van der Waals surface area contributed by atoms with Crippen molar-refractivity contribution in [2.45, 2.75) is 6.42 Å². The van der Waals surface area contributed by atoms with Gasteiger partial charge in [0.2, 0.25) is 5.78 Å². The number of furan rings is 1. The minimum atomic E-state index is -0.530. The molecule has 0 radical (unpaired) electrons. The van der Waals surface area contributed by atoms with E-state index in [1.165, 1.54) is 0 Å². The van der Waals surface area contributed by atoms with Crippen LogP contribution in [0.5, 0.6) is 0 Å². The van der Waals surface area contributed by atoms with Crippen LogP contribution in [0.15, 0.2) is 52.9 Å². The lowest BCUT2D eigenvalue weighted by molar-refractivity contribution is -0.141. The average Bonchev–Trinajstić information content (AvgIpc) is 3.00. The monoisotopic (exact) mass is 362 g/mol. The highest BCUT2D eigenvalue weighted by Gasteiger charge is 2.15. The fourth-order valence-corrected chi connectivity index (χ4v) is 2.52. The highest BCUT2D eigenvalue weighted by Crippen LogP contribution is 2.23. The second-order valence-corrected chi connectivity index (χ2v) is 5.97. The minimum absolute atomic E-state index is 0.00427. The van der Waals surface area contributed by atoms with Crippen LogP contribution in [0, 0.1) is 0 Å². The Morgan fingerprint density at radius 1 is 1.00 bits per heavy atom. The number of hydrogen-bond donors (Lipinski definition) is 0. The third-order valence-corrected chi connectivity index (χ3v) is 4.14. The number of ether oxygens (including phenoxy) is 1. The van der Waals surface area contributed by atoms with Crippen LogP contribution < -0.4 is 0 Å². The van der Waals surface area contributed by atoms with E-state index >= 15 is 0 Å². The number of rotatable bonds is 5. The maximum Gasteiger partial charge on any atom is 0.310 e. The van der Waals surface area contributed by atoms with E-state index in [-0.39, 0.29) is 18.8 Å². The average molecular weight is 363 g/mol. The van der Waals surface area contributed by atoms with Crippen molar-refractivity contribution in [1.29, 1.82) is 0 Å². The molecule has 0 aliphatic carbocycles. The van der Waals surface area contributed by atoms with Crippen LogP contribution >= 0.6 is 23.2 Å². The molecule has 0 saturated heterocycles. The number of carbonyl (C=O) groups excluding carboxylic acids is 2. The molecule has 0 fully saturated rings. The maximum atomic E-state index is 12.1. The molecule has 3 aromatic rings. The Morgan fingerprint density at radius 2 is 1.79 bits per heavy atom. The van der Waals surface area contributed by atoms with E-state index in [4.69, 9.17) is 32.4 Å². The lowest BCUT2D eigenvalue weighted by Crippen LogP contribution is -2.15. The number of benzene rings is 2. The highest BCUT2D eigenvalue weighted by molar-refractivity contribution is 6.42. The highest BCUT2D eigenvalue weighted by atomic mass is 35.5. The van der Waals surface area contributed by atoms with E-state index in [0.717, 1.165) is 5.39 Å². The van der Waals surface area contributed by atoms with E-state index in [2.05, 4.69) is 0 Å². The fraction of sp³-hybridized carbons (Fsp3) is 0.111. The number of ketones is 1. The third-order valence-electron chi connectivity index (χ3n) is 3.40. The van der Waals surface area contributed by atoms with Crippen molar-refractivity contribution in [2.24, 2.45) is 0 Å². The SMILES string of the molecule is O=C(Cc1ccc(Cl)c(Cl)c1)OCC(=O)c1cc2ccccc2o1. The Bertz CT molecular complexity index is 881. The normalized spacial score (nSPS) is 10.8. The molecule has 0 N–H and O–H groups in total. The van der Waals surface area contributed by atoms with E-state index in [0.29, 0.717) is 21.2 Å². The molecule has 0 aliphatic rings. The second kappa shape index (κ2) is 7.07. The van der Waals surface area contributed by atoms with Gasteiger partial charge in [-0.1, -0.05) is 47.5 Å². The molecule has 6 heteroatoms. The molecule has 1 heterocycles. The molecule has 0 spiro atoms. The predicted octanol–water partition coefficient (Wildman–Crippen LogP) is 4.71. The topological polar surface area (TPSA) is 56.5 Å². The maximum absolute atomic E-state index is 12.1. The van der Waals surface area contributed by atoms with Gasteiger partial charge in [-0.3, -0.25) is 9.59 Å². The van der Waals surface area contributed by atoms with Crippen molar-refractivity contribution >= 4 is 45.9 Å². The molecular formula is C18H12Cl2O4. The summed E-state index contributed by atoms with van der Waals surface area (Å²) in [5.41, 5.74) is 1.27. The smallest absolute Gasteiger partial charge is 0.310 e. The zero-order valence-electron chi connectivity index (χ0n) is 12.4. The summed E-state index contributed by atoms with van der Waals surface area (Å²) in [5, 5.41) is 1.59. The summed E-state index contributed by atoms with van der Waals surface area (Å²) in [5.74, 6) is -0.759. The zero-order valence-corrected chi connectivity index (χ0v) is 13.9. The van der Waals surface area contributed by atoms with E-state index in [1.807, 2.05) is 18.2 Å². The van der Waals surface area contributed by atoms with Gasteiger partial charge in [0.05, 0.1) is 16.5 Å². The van der Waals surface area contributed by atoms with Crippen LogP contribution in [0.1, 0.15) is 16.1 Å². The molecule has 0 amide bonds. The molecule has 0 aliphatic heterocycles. The van der Waals surface area contributed by atoms with Crippen LogP contribution in [0.25, 0.3) is 11.0 Å². The minimum Gasteiger partial charge on any atom is -0.457 e. The number of Topliss-reactive ketones (excluding diaryl/α,β-unsaturated/α-hetero) is 1. The van der Waals surface area contributed by atoms with Gasteiger partial charge >= 0.3 is 5.97 Å². The van der Waals surface area contributed by atoms with Gasteiger partial charge in [0.15, 0.2) is 12.4 Å². The molecule has 1 aromatic heterocycles. The van der Waals surface area contributed by atoms with Gasteiger partial charge in [-0.15, -0.1) is 0 Å². The second-order valence-electron chi connectivity index (χ2n) is 5.16. The largest absolute Gasteiger partial charge is 0.457 e. The van der Waals surface area contributed by atoms with Crippen molar-refractivity contribution in [3.8, 4) is 0 Å². The Hall–Kier alpha value is -2.30. The number of halogens is 2. The first-order valence-electron chi connectivity index (χ1n) is 7.14. The molecule has 122 valence electrons. The molecular weight excluding hydrogens is 351 g/mol. The Labute approximate surface area is 147 Å². The van der Waals surface area contributed by atoms with Crippen molar-refractivity contribution in [3.63, 3.8) is 0 Å². The first-order chi connectivity index (χ1) is 11.5. The number of fused-ring (bicyclic) bond motifs is 1. The molecule has 0 atom stereocenters. The van der Waals surface area contributed by atoms with Gasteiger partial charge in [-0.2, -0.15) is 0 Å². The van der Waals surface area contributed by atoms with Crippen LogP contribution in [0.3, 0.4) is 0 Å². The van der Waals surface area contributed by atoms with Gasteiger partial charge in [0.1, 0.15) is 5.58 Å². The molecule has 24 heavy (non-hydrogen) atoms. The fourth-order valence-electron chi connectivity index (χ4n) is 2.20. The van der Waals surface area contributed by atoms with E-state index < -0.39 is 11.8 Å². The predicted molar refractivity (Wildman–Crippen MR) is 91.7 cm³/mol. The van der Waals surface area contributed by atoms with Crippen LogP contribution in [-0.4, -0.2) is 18.4 Å². The van der Waals surface area contributed by atoms with Crippen molar-refractivity contribution in [3.05, 3.63) is 69.9 Å². The van der Waals surface area contributed by atoms with Crippen LogP contribution in [0.2, 0.25) is 10.0 Å². The summed E-state index contributed by atoms with van der Waals surface area (Å²) < 4.78 is 10.4. The first-order valence-corrected chi connectivity index (χ1v) is 7.90. The Kier molecular flexibility index (Phi) is 4.88. The number of hydrogen-bond acceptors (Lipinski definition) is 4. The standard InChI is InChI=1S/C18H12Cl2O4/c19-13-6-5-11(7-14(13)20)8-18(22)23-10-15(21)17-9-12-3-1-2-4-16(12)24-17/h1-7,9H,8,10H2. The summed E-state index contributed by atoms with van der Waals surface area (Å²) in [6.45, 7) is -0.375. The first kappa shape index (κ1) is 16.6. The van der Waals surface area contributed by atoms with Crippen molar-refractivity contribution in [1.82, 2.24) is 0 Å². The van der Waals surface area contributed by atoms with Gasteiger partial charge < -0.3 is 9.15 Å². The Morgan fingerprint density at radius 3 is 2.54 bits per heavy atom. The zero-order chi connectivity index (χ0) is 17.1. The lowest BCUT2D eigenvalue weighted by atomic mass is 10.1.